The summed E-state index contributed by atoms with van der Waals surface area (Å²) in [6.07, 6.45) is 21.2. The van der Waals surface area contributed by atoms with E-state index in [-0.39, 0.29) is 18.9 Å². The SMILES string of the molecule is CCCCCCCCC/C=C/CC/C=C/CC/C=C/C(O)C(COC1OC(CO)C(OC2OC(CO)C(OC3OC(CO)C(O)C(O)C3O)C(O)C2O)C(O)C1O)NC(=O)CCCCCCCCCCCCCCCCCCCC. The van der Waals surface area contributed by atoms with Gasteiger partial charge in [-0.25, -0.2) is 0 Å². The van der Waals surface area contributed by atoms with Crippen molar-refractivity contribution in [2.45, 2.75) is 317 Å². The van der Waals surface area contributed by atoms with Crippen molar-refractivity contribution in [3.8, 4) is 0 Å². The van der Waals surface area contributed by atoms with E-state index in [0.29, 0.717) is 12.8 Å². The van der Waals surface area contributed by atoms with Crippen molar-refractivity contribution in [2.75, 3.05) is 26.4 Å². The van der Waals surface area contributed by atoms with E-state index in [9.17, 15) is 61.0 Å². The first-order valence-corrected chi connectivity index (χ1v) is 31.2. The monoisotopic (exact) mass is 1150 g/mol. The van der Waals surface area contributed by atoms with Crippen molar-refractivity contribution in [1.29, 1.82) is 0 Å². The number of aliphatic hydroxyl groups excluding tert-OH is 11. The van der Waals surface area contributed by atoms with Crippen LogP contribution in [0.4, 0.5) is 0 Å². The molecule has 3 heterocycles. The second kappa shape index (κ2) is 44.5. The molecule has 17 unspecified atom stereocenters. The second-order valence-corrected chi connectivity index (χ2v) is 22.5. The summed E-state index contributed by atoms with van der Waals surface area (Å²) in [4.78, 5) is 13.3. The van der Waals surface area contributed by atoms with Gasteiger partial charge in [-0.05, 0) is 44.9 Å². The van der Waals surface area contributed by atoms with Gasteiger partial charge in [-0.3, -0.25) is 4.79 Å². The van der Waals surface area contributed by atoms with Gasteiger partial charge in [-0.2, -0.15) is 0 Å². The molecule has 17 atom stereocenters. The maximum Gasteiger partial charge on any atom is 0.220 e. The van der Waals surface area contributed by atoms with Gasteiger partial charge in [0.05, 0.1) is 38.6 Å². The van der Waals surface area contributed by atoms with E-state index in [2.05, 4.69) is 43.5 Å². The molecule has 3 aliphatic heterocycles. The first-order chi connectivity index (χ1) is 38.8. The molecular weight excluding hydrogens is 1030 g/mol. The van der Waals surface area contributed by atoms with E-state index in [1.54, 1.807) is 6.08 Å². The molecule has 19 heteroatoms. The molecule has 0 aromatic carbocycles. The molecule has 0 aromatic heterocycles. The quantitative estimate of drug-likeness (QED) is 0.0242. The third-order valence-electron chi connectivity index (χ3n) is 15.7. The highest BCUT2D eigenvalue weighted by molar-refractivity contribution is 5.76. The minimum Gasteiger partial charge on any atom is -0.394 e. The number of rotatable bonds is 46. The fourth-order valence-corrected chi connectivity index (χ4v) is 10.5. The van der Waals surface area contributed by atoms with Crippen LogP contribution in [0.5, 0.6) is 0 Å². The minimum atomic E-state index is -1.98. The van der Waals surface area contributed by atoms with Gasteiger partial charge in [0, 0.05) is 6.42 Å². The normalized spacial score (nSPS) is 30.2. The Morgan fingerprint density at radius 3 is 1.25 bits per heavy atom. The Kier molecular flexibility index (Phi) is 40.2. The van der Waals surface area contributed by atoms with Gasteiger partial charge in [0.2, 0.25) is 5.91 Å². The third kappa shape index (κ3) is 27.8. The molecular formula is C61H111NO18. The Morgan fingerprint density at radius 1 is 0.438 bits per heavy atom. The van der Waals surface area contributed by atoms with Crippen LogP contribution in [-0.4, -0.2) is 193 Å². The number of hydrogen-bond donors (Lipinski definition) is 12. The van der Waals surface area contributed by atoms with Gasteiger partial charge in [0.25, 0.3) is 0 Å². The van der Waals surface area contributed by atoms with E-state index < -0.39 is 124 Å². The molecule has 0 saturated carbocycles. The van der Waals surface area contributed by atoms with Gasteiger partial charge in [-0.1, -0.05) is 198 Å². The van der Waals surface area contributed by atoms with E-state index in [4.69, 9.17) is 28.4 Å². The molecule has 12 N–H and O–H groups in total. The molecule has 3 rings (SSSR count). The highest BCUT2D eigenvalue weighted by Crippen LogP contribution is 2.33. The number of carbonyl (C=O) groups is 1. The van der Waals surface area contributed by atoms with E-state index >= 15 is 0 Å². The molecule has 468 valence electrons. The molecule has 3 aliphatic rings. The van der Waals surface area contributed by atoms with Gasteiger partial charge in [-0.15, -0.1) is 0 Å². The smallest absolute Gasteiger partial charge is 0.220 e. The van der Waals surface area contributed by atoms with Crippen LogP contribution in [0.2, 0.25) is 0 Å². The number of allylic oxidation sites excluding steroid dienone is 5. The van der Waals surface area contributed by atoms with Crippen molar-refractivity contribution in [1.82, 2.24) is 5.32 Å². The number of amides is 1. The summed E-state index contributed by atoms with van der Waals surface area (Å²) in [5.74, 6) is -0.288. The van der Waals surface area contributed by atoms with Crippen LogP contribution in [0.1, 0.15) is 213 Å². The molecule has 0 aliphatic carbocycles. The van der Waals surface area contributed by atoms with Crippen LogP contribution in [0.15, 0.2) is 36.5 Å². The molecule has 0 aromatic rings. The van der Waals surface area contributed by atoms with Gasteiger partial charge in [0.15, 0.2) is 18.9 Å². The zero-order valence-corrected chi connectivity index (χ0v) is 48.8. The van der Waals surface area contributed by atoms with Crippen LogP contribution in [0.3, 0.4) is 0 Å². The fourth-order valence-electron chi connectivity index (χ4n) is 10.5. The summed E-state index contributed by atoms with van der Waals surface area (Å²) in [7, 11) is 0. The zero-order valence-electron chi connectivity index (χ0n) is 48.8. The summed E-state index contributed by atoms with van der Waals surface area (Å²) in [5.41, 5.74) is 0. The predicted octanol–water partition coefficient (Wildman–Crippen LogP) is 6.10. The molecule has 80 heavy (non-hydrogen) atoms. The summed E-state index contributed by atoms with van der Waals surface area (Å²) >= 11 is 0. The number of unbranched alkanes of at least 4 members (excludes halogenated alkanes) is 26. The van der Waals surface area contributed by atoms with Crippen LogP contribution in [0, 0.1) is 0 Å². The summed E-state index contributed by atoms with van der Waals surface area (Å²) < 4.78 is 34.2. The van der Waals surface area contributed by atoms with Crippen LogP contribution in [0.25, 0.3) is 0 Å². The molecule has 3 fully saturated rings. The lowest BCUT2D eigenvalue weighted by Gasteiger charge is -2.48. The van der Waals surface area contributed by atoms with Crippen molar-refractivity contribution >= 4 is 5.91 Å². The molecule has 1 amide bonds. The van der Waals surface area contributed by atoms with E-state index in [0.717, 1.165) is 44.9 Å². The lowest BCUT2D eigenvalue weighted by Crippen LogP contribution is -2.66. The van der Waals surface area contributed by atoms with Gasteiger partial charge in [0.1, 0.15) is 73.2 Å². The minimum absolute atomic E-state index is 0.235. The van der Waals surface area contributed by atoms with Crippen molar-refractivity contribution in [2.24, 2.45) is 0 Å². The van der Waals surface area contributed by atoms with Crippen molar-refractivity contribution < 1.29 is 89.4 Å². The average molecular weight is 1150 g/mol. The van der Waals surface area contributed by atoms with Crippen molar-refractivity contribution in [3.63, 3.8) is 0 Å². The molecule has 0 spiro atoms. The Labute approximate surface area is 479 Å². The molecule has 0 radical (unpaired) electrons. The highest BCUT2D eigenvalue weighted by atomic mass is 16.8. The second-order valence-electron chi connectivity index (χ2n) is 22.5. The zero-order chi connectivity index (χ0) is 58.3. The lowest BCUT2D eigenvalue weighted by molar-refractivity contribution is -0.379. The average Bonchev–Trinajstić information content (AvgIpc) is 3.50. The molecule has 3 saturated heterocycles. The maximum atomic E-state index is 13.3. The standard InChI is InChI=1S/C61H111NO18/c1-3-5-7-9-11-13-15-17-19-21-23-25-27-29-31-33-35-37-39-49(67)62-44(45(66)38-36-34-32-30-28-26-24-22-20-18-16-14-12-10-8-6-4-2)43-75-59-55(73)52(70)57(47(41-64)77-59)80-61-56(74)53(71)58(48(42-65)78-61)79-60-54(72)51(69)50(68)46(40-63)76-60/h20,22,28,30,36,38,44-48,50-61,63-66,68-74H,3-19,21,23-27,29,31-35,37,39-43H2,1-2H3,(H,62,67)/b22-20+,30-28+,38-36+. The van der Waals surface area contributed by atoms with E-state index in [1.807, 2.05) is 6.08 Å². The Balaban J connectivity index is 1.51. The van der Waals surface area contributed by atoms with E-state index in [1.165, 1.54) is 135 Å². The molecule has 19 nitrogen and oxygen atoms in total. The summed E-state index contributed by atoms with van der Waals surface area (Å²) in [5, 5.41) is 120. The number of carbonyl (C=O) groups excluding carboxylic acids is 1. The first kappa shape index (κ1) is 72.3. The summed E-state index contributed by atoms with van der Waals surface area (Å²) in [6.45, 7) is 1.70. The number of ether oxygens (including phenoxy) is 6. The number of aliphatic hydroxyl groups is 11. The number of nitrogens with one attached hydrogen (secondary N) is 1. The maximum absolute atomic E-state index is 13.3. The Bertz CT molecular complexity index is 1600. The highest BCUT2D eigenvalue weighted by Gasteiger charge is 2.53. The third-order valence-corrected chi connectivity index (χ3v) is 15.7. The largest absolute Gasteiger partial charge is 0.394 e. The topological polar surface area (TPSA) is 307 Å². The Morgan fingerprint density at radius 2 is 0.800 bits per heavy atom. The van der Waals surface area contributed by atoms with Gasteiger partial charge >= 0.3 is 0 Å². The predicted molar refractivity (Wildman–Crippen MR) is 305 cm³/mol. The lowest BCUT2D eigenvalue weighted by atomic mass is 9.96. The molecule has 0 bridgehead atoms. The first-order valence-electron chi connectivity index (χ1n) is 31.2. The van der Waals surface area contributed by atoms with Crippen LogP contribution in [-0.2, 0) is 33.2 Å². The summed E-state index contributed by atoms with van der Waals surface area (Å²) in [6, 6.07) is -0.993. The Hall–Kier alpha value is -1.99. The van der Waals surface area contributed by atoms with Crippen LogP contribution < -0.4 is 5.32 Å². The number of hydrogen-bond acceptors (Lipinski definition) is 18. The van der Waals surface area contributed by atoms with Crippen LogP contribution >= 0.6 is 0 Å². The fraction of sp³-hybridized carbons (Fsp3) is 0.885. The van der Waals surface area contributed by atoms with Gasteiger partial charge < -0.3 is 89.9 Å². The van der Waals surface area contributed by atoms with Crippen molar-refractivity contribution in [3.05, 3.63) is 36.5 Å².